The van der Waals surface area contributed by atoms with E-state index in [1.54, 1.807) is 23.5 Å². The van der Waals surface area contributed by atoms with E-state index in [1.807, 2.05) is 0 Å². The highest BCUT2D eigenvalue weighted by Crippen LogP contribution is 2.38. The molecule has 0 atom stereocenters. The summed E-state index contributed by atoms with van der Waals surface area (Å²) in [6.45, 7) is 2.14. The summed E-state index contributed by atoms with van der Waals surface area (Å²) in [6, 6.07) is 15.0. The SMILES string of the molecule is CCc1ccc(-c2csc3nc(SCc4ccc(F)cc4)nc(Cl)c23)cc1. The van der Waals surface area contributed by atoms with Gasteiger partial charge in [-0.15, -0.1) is 11.3 Å². The molecule has 0 saturated heterocycles. The standard InChI is InChI=1S/C21H16ClFN2S2/c1-2-13-3-7-15(8-4-13)17-12-26-20-18(17)19(22)24-21(25-20)27-11-14-5-9-16(23)10-6-14/h3-10,12H,2,11H2,1H3. The second kappa shape index (κ2) is 7.97. The highest BCUT2D eigenvalue weighted by Gasteiger charge is 2.14. The second-order valence-corrected chi connectivity index (χ2v) is 8.25. The lowest BCUT2D eigenvalue weighted by atomic mass is 10.0. The van der Waals surface area contributed by atoms with Crippen LogP contribution in [0.4, 0.5) is 4.39 Å². The zero-order chi connectivity index (χ0) is 18.8. The van der Waals surface area contributed by atoms with Gasteiger partial charge < -0.3 is 0 Å². The first kappa shape index (κ1) is 18.4. The lowest BCUT2D eigenvalue weighted by Crippen LogP contribution is -1.90. The van der Waals surface area contributed by atoms with Crippen LogP contribution in [0, 0.1) is 5.82 Å². The van der Waals surface area contributed by atoms with Gasteiger partial charge in [-0.1, -0.05) is 66.7 Å². The molecule has 0 unspecified atom stereocenters. The maximum absolute atomic E-state index is 13.0. The Kier molecular flexibility index (Phi) is 5.43. The maximum Gasteiger partial charge on any atom is 0.190 e. The molecule has 27 heavy (non-hydrogen) atoms. The minimum absolute atomic E-state index is 0.234. The number of aromatic nitrogens is 2. The van der Waals surface area contributed by atoms with Gasteiger partial charge in [-0.2, -0.15) is 0 Å². The molecular formula is C21H16ClFN2S2. The first-order valence-electron chi connectivity index (χ1n) is 8.55. The molecule has 2 aromatic carbocycles. The highest BCUT2D eigenvalue weighted by molar-refractivity contribution is 7.98. The number of halogens is 2. The van der Waals surface area contributed by atoms with Gasteiger partial charge in [0.25, 0.3) is 0 Å². The third-order valence-electron chi connectivity index (χ3n) is 4.32. The third-order valence-corrected chi connectivity index (χ3v) is 6.39. The van der Waals surface area contributed by atoms with Crippen LogP contribution in [-0.2, 0) is 12.2 Å². The zero-order valence-corrected chi connectivity index (χ0v) is 17.0. The Morgan fingerprint density at radius 3 is 2.41 bits per heavy atom. The van der Waals surface area contributed by atoms with Crippen molar-refractivity contribution in [3.63, 3.8) is 0 Å². The summed E-state index contributed by atoms with van der Waals surface area (Å²) in [6.07, 6.45) is 1.02. The van der Waals surface area contributed by atoms with Gasteiger partial charge in [0.1, 0.15) is 15.8 Å². The molecule has 0 N–H and O–H groups in total. The lowest BCUT2D eigenvalue weighted by molar-refractivity contribution is 0.627. The molecule has 0 radical (unpaired) electrons. The van der Waals surface area contributed by atoms with Crippen molar-refractivity contribution in [3.8, 4) is 11.1 Å². The van der Waals surface area contributed by atoms with Crippen LogP contribution in [0.1, 0.15) is 18.1 Å². The Morgan fingerprint density at radius 2 is 1.70 bits per heavy atom. The largest absolute Gasteiger partial charge is 0.211 e. The first-order chi connectivity index (χ1) is 13.1. The Balaban J connectivity index is 1.61. The number of thiophene rings is 1. The summed E-state index contributed by atoms with van der Waals surface area (Å²) in [7, 11) is 0. The molecule has 0 fully saturated rings. The van der Waals surface area contributed by atoms with Gasteiger partial charge in [-0.05, 0) is 35.2 Å². The Bertz CT molecular complexity index is 1080. The average molecular weight is 415 g/mol. The molecule has 2 heterocycles. The van der Waals surface area contributed by atoms with Crippen molar-refractivity contribution in [2.45, 2.75) is 24.3 Å². The first-order valence-corrected chi connectivity index (χ1v) is 10.8. The van der Waals surface area contributed by atoms with Crippen molar-refractivity contribution in [1.82, 2.24) is 9.97 Å². The average Bonchev–Trinajstić information content (AvgIpc) is 3.12. The van der Waals surface area contributed by atoms with E-state index in [1.165, 1.54) is 29.5 Å². The molecule has 2 aromatic heterocycles. The van der Waals surface area contributed by atoms with Crippen molar-refractivity contribution in [2.24, 2.45) is 0 Å². The summed E-state index contributed by atoms with van der Waals surface area (Å²) in [4.78, 5) is 10.0. The summed E-state index contributed by atoms with van der Waals surface area (Å²) in [5.41, 5.74) is 4.51. The van der Waals surface area contributed by atoms with Crippen LogP contribution in [0.5, 0.6) is 0 Å². The van der Waals surface area contributed by atoms with E-state index in [2.05, 4.69) is 46.5 Å². The van der Waals surface area contributed by atoms with Crippen molar-refractivity contribution in [2.75, 3.05) is 0 Å². The fourth-order valence-electron chi connectivity index (χ4n) is 2.81. The van der Waals surface area contributed by atoms with Crippen molar-refractivity contribution in [3.05, 3.63) is 76.0 Å². The van der Waals surface area contributed by atoms with Crippen molar-refractivity contribution in [1.29, 1.82) is 0 Å². The van der Waals surface area contributed by atoms with Crippen LogP contribution >= 0.6 is 34.7 Å². The number of hydrogen-bond donors (Lipinski definition) is 0. The number of hydrogen-bond acceptors (Lipinski definition) is 4. The smallest absolute Gasteiger partial charge is 0.190 e. The normalized spacial score (nSPS) is 11.2. The molecular weight excluding hydrogens is 399 g/mol. The summed E-state index contributed by atoms with van der Waals surface area (Å²) in [5, 5.41) is 4.08. The Morgan fingerprint density at radius 1 is 1.00 bits per heavy atom. The van der Waals surface area contributed by atoms with E-state index in [9.17, 15) is 4.39 Å². The zero-order valence-electron chi connectivity index (χ0n) is 14.6. The number of thioether (sulfide) groups is 1. The summed E-state index contributed by atoms with van der Waals surface area (Å²) < 4.78 is 13.0. The van der Waals surface area contributed by atoms with Gasteiger partial charge in [0, 0.05) is 16.7 Å². The molecule has 0 amide bonds. The van der Waals surface area contributed by atoms with Gasteiger partial charge in [0.05, 0.1) is 5.39 Å². The maximum atomic E-state index is 13.0. The molecule has 4 rings (SSSR count). The van der Waals surface area contributed by atoms with E-state index in [-0.39, 0.29) is 5.82 Å². The molecule has 0 aliphatic rings. The van der Waals surface area contributed by atoms with E-state index in [0.29, 0.717) is 16.1 Å². The molecule has 0 saturated carbocycles. The van der Waals surface area contributed by atoms with Crippen molar-refractivity contribution >= 4 is 44.9 Å². The molecule has 136 valence electrons. The van der Waals surface area contributed by atoms with Gasteiger partial charge in [-0.25, -0.2) is 14.4 Å². The Hall–Kier alpha value is -1.95. The molecule has 6 heteroatoms. The number of fused-ring (bicyclic) bond motifs is 1. The number of benzene rings is 2. The van der Waals surface area contributed by atoms with Crippen LogP contribution < -0.4 is 0 Å². The molecule has 2 nitrogen and oxygen atoms in total. The fourth-order valence-corrected chi connectivity index (χ4v) is 4.99. The van der Waals surface area contributed by atoms with E-state index >= 15 is 0 Å². The van der Waals surface area contributed by atoms with Crippen LogP contribution in [0.25, 0.3) is 21.3 Å². The van der Waals surface area contributed by atoms with Gasteiger partial charge in [0.2, 0.25) is 0 Å². The van der Waals surface area contributed by atoms with Crippen LogP contribution in [0.15, 0.2) is 59.1 Å². The van der Waals surface area contributed by atoms with E-state index in [0.717, 1.165) is 33.3 Å². The molecule has 0 bridgehead atoms. The highest BCUT2D eigenvalue weighted by atomic mass is 35.5. The fraction of sp³-hybridized carbons (Fsp3) is 0.143. The minimum atomic E-state index is -0.234. The third kappa shape index (κ3) is 4.00. The number of aryl methyl sites for hydroxylation is 1. The van der Waals surface area contributed by atoms with E-state index in [4.69, 9.17) is 11.6 Å². The van der Waals surface area contributed by atoms with Crippen LogP contribution in [-0.4, -0.2) is 9.97 Å². The predicted molar refractivity (Wildman–Crippen MR) is 113 cm³/mol. The topological polar surface area (TPSA) is 25.8 Å². The predicted octanol–water partition coefficient (Wildman–Crippen LogP) is 7.01. The van der Waals surface area contributed by atoms with Gasteiger partial charge >= 0.3 is 0 Å². The van der Waals surface area contributed by atoms with Gasteiger partial charge in [-0.3, -0.25) is 0 Å². The number of rotatable bonds is 5. The molecule has 4 aromatic rings. The quantitative estimate of drug-likeness (QED) is 0.199. The lowest BCUT2D eigenvalue weighted by Gasteiger charge is -2.05. The minimum Gasteiger partial charge on any atom is -0.211 e. The number of nitrogens with zero attached hydrogens (tertiary/aromatic N) is 2. The monoisotopic (exact) mass is 414 g/mol. The molecule has 0 spiro atoms. The summed E-state index contributed by atoms with van der Waals surface area (Å²) in [5.74, 6) is 0.432. The van der Waals surface area contributed by atoms with Crippen LogP contribution in [0.2, 0.25) is 5.15 Å². The second-order valence-electron chi connectivity index (χ2n) is 6.09. The van der Waals surface area contributed by atoms with Crippen molar-refractivity contribution < 1.29 is 4.39 Å². The van der Waals surface area contributed by atoms with Gasteiger partial charge in [0.15, 0.2) is 5.16 Å². The molecule has 0 aliphatic heterocycles. The molecule has 0 aliphatic carbocycles. The van der Waals surface area contributed by atoms with E-state index < -0.39 is 0 Å². The summed E-state index contributed by atoms with van der Waals surface area (Å²) >= 11 is 9.58. The van der Waals surface area contributed by atoms with Crippen LogP contribution in [0.3, 0.4) is 0 Å². The Labute approximate surface area is 170 Å².